The normalized spacial score (nSPS) is 13.9. The molecule has 0 aromatic rings. The largest absolute Gasteiger partial charge is 0.756 e. The van der Waals surface area contributed by atoms with E-state index in [4.69, 9.17) is 18.5 Å². The Morgan fingerprint density at radius 2 is 1.06 bits per heavy atom. The zero-order valence-corrected chi connectivity index (χ0v) is 32.6. The number of ether oxygens (including phenoxy) is 2. The number of carbonyl (C=O) groups excluding carboxylic acids is 2. The molecule has 0 saturated carbocycles. The third-order valence-electron chi connectivity index (χ3n) is 8.29. The van der Waals surface area contributed by atoms with Crippen LogP contribution < -0.4 is 4.89 Å². The summed E-state index contributed by atoms with van der Waals surface area (Å²) in [6, 6.07) is 0. The Kier molecular flexibility index (Phi) is 30.9. The van der Waals surface area contributed by atoms with Crippen molar-refractivity contribution in [2.24, 2.45) is 0 Å². The maximum Gasteiger partial charge on any atom is 0.306 e. The molecule has 0 aromatic heterocycles. The average Bonchev–Trinajstić information content (AvgIpc) is 3.02. The van der Waals surface area contributed by atoms with Crippen molar-refractivity contribution in [1.82, 2.24) is 0 Å². The molecule has 0 heterocycles. The van der Waals surface area contributed by atoms with E-state index in [1.807, 2.05) is 21.1 Å². The minimum Gasteiger partial charge on any atom is -0.756 e. The SMILES string of the molecule is CCCCCCCC/C=C/CCCCCCCCCC(=O)OC[C@@H](COP(=O)([O-])OCC[N+](C)(C)C)OC(=O)CCCCCCCCC. The van der Waals surface area contributed by atoms with E-state index >= 15 is 0 Å². The van der Waals surface area contributed by atoms with Crippen LogP contribution in [0.2, 0.25) is 0 Å². The molecule has 0 bridgehead atoms. The number of quaternary nitrogens is 1. The molecule has 0 spiro atoms. The van der Waals surface area contributed by atoms with Gasteiger partial charge in [-0.2, -0.15) is 0 Å². The molecule has 0 saturated heterocycles. The van der Waals surface area contributed by atoms with Gasteiger partial charge in [0.1, 0.15) is 19.8 Å². The van der Waals surface area contributed by atoms with E-state index < -0.39 is 26.5 Å². The van der Waals surface area contributed by atoms with Gasteiger partial charge in [-0.3, -0.25) is 14.2 Å². The lowest BCUT2D eigenvalue weighted by Crippen LogP contribution is -2.37. The lowest BCUT2D eigenvalue weighted by atomic mass is 10.1. The quantitative estimate of drug-likeness (QED) is 0.0211. The van der Waals surface area contributed by atoms with Crippen LogP contribution in [0.1, 0.15) is 168 Å². The third-order valence-corrected chi connectivity index (χ3v) is 9.25. The summed E-state index contributed by atoms with van der Waals surface area (Å²) in [6.07, 6.45) is 29.7. The number of allylic oxidation sites excluding steroid dienone is 2. The molecular weight excluding hydrogens is 629 g/mol. The van der Waals surface area contributed by atoms with E-state index in [1.165, 1.54) is 83.5 Å². The molecule has 2 atom stereocenters. The Morgan fingerprint density at radius 1 is 0.625 bits per heavy atom. The molecule has 0 aliphatic heterocycles. The van der Waals surface area contributed by atoms with Crippen molar-refractivity contribution in [2.45, 2.75) is 174 Å². The van der Waals surface area contributed by atoms with Crippen molar-refractivity contribution in [1.29, 1.82) is 0 Å². The summed E-state index contributed by atoms with van der Waals surface area (Å²) >= 11 is 0. The fourth-order valence-corrected chi connectivity index (χ4v) is 5.91. The molecule has 1 unspecified atom stereocenters. The first-order valence-corrected chi connectivity index (χ1v) is 20.9. The van der Waals surface area contributed by atoms with Crippen LogP contribution in [0.3, 0.4) is 0 Å². The highest BCUT2D eigenvalue weighted by atomic mass is 31.2. The van der Waals surface area contributed by atoms with Crippen molar-refractivity contribution < 1.29 is 42.1 Å². The van der Waals surface area contributed by atoms with Crippen LogP contribution in [0.15, 0.2) is 12.2 Å². The number of nitrogens with zero attached hydrogens (tertiary/aromatic N) is 1. The predicted molar refractivity (Wildman–Crippen MR) is 195 cm³/mol. The summed E-state index contributed by atoms with van der Waals surface area (Å²) in [5, 5.41) is 0. The monoisotopic (exact) mass is 704 g/mol. The molecule has 0 aliphatic rings. The van der Waals surface area contributed by atoms with Crippen molar-refractivity contribution in [2.75, 3.05) is 47.5 Å². The standard InChI is InChI=1S/C38H74NO8P/c1-6-8-10-12-14-15-16-17-18-19-20-21-22-23-25-26-28-30-37(40)44-34-36(35-46-48(42,43)45-33-32-39(3,4)5)47-38(41)31-29-27-24-13-11-9-7-2/h17-18,36H,6-16,19-35H2,1-5H3/b18-17+/t36-/m0/s1. The second kappa shape index (κ2) is 31.7. The number of hydrogen-bond acceptors (Lipinski definition) is 8. The zero-order chi connectivity index (χ0) is 35.8. The Balaban J connectivity index is 4.29. The van der Waals surface area contributed by atoms with E-state index in [0.717, 1.165) is 51.4 Å². The number of rotatable bonds is 35. The van der Waals surface area contributed by atoms with Crippen LogP contribution in [-0.2, 0) is 32.7 Å². The van der Waals surface area contributed by atoms with Crippen LogP contribution in [0, 0.1) is 0 Å². The van der Waals surface area contributed by atoms with E-state index in [-0.39, 0.29) is 32.0 Å². The number of phosphoric acid groups is 1. The number of hydrogen-bond donors (Lipinski definition) is 0. The summed E-state index contributed by atoms with van der Waals surface area (Å²) in [5.41, 5.74) is 0. The van der Waals surface area contributed by atoms with Crippen LogP contribution in [-0.4, -0.2) is 70.0 Å². The molecule has 0 aromatic carbocycles. The molecule has 48 heavy (non-hydrogen) atoms. The second-order valence-corrected chi connectivity index (χ2v) is 15.7. The summed E-state index contributed by atoms with van der Waals surface area (Å²) in [4.78, 5) is 37.2. The van der Waals surface area contributed by atoms with E-state index in [2.05, 4.69) is 26.0 Å². The van der Waals surface area contributed by atoms with Gasteiger partial charge in [0.05, 0.1) is 27.7 Å². The van der Waals surface area contributed by atoms with Gasteiger partial charge in [-0.05, 0) is 38.5 Å². The van der Waals surface area contributed by atoms with Gasteiger partial charge in [0, 0.05) is 12.8 Å². The fraction of sp³-hybridized carbons (Fsp3) is 0.895. The van der Waals surface area contributed by atoms with Crippen molar-refractivity contribution in [3.8, 4) is 0 Å². The molecule has 0 fully saturated rings. The summed E-state index contributed by atoms with van der Waals surface area (Å²) < 4.78 is 33.6. The highest BCUT2D eigenvalue weighted by Crippen LogP contribution is 2.38. The highest BCUT2D eigenvalue weighted by Gasteiger charge is 2.21. The van der Waals surface area contributed by atoms with Crippen LogP contribution >= 0.6 is 7.82 Å². The lowest BCUT2D eigenvalue weighted by Gasteiger charge is -2.28. The van der Waals surface area contributed by atoms with Crippen LogP contribution in [0.5, 0.6) is 0 Å². The second-order valence-electron chi connectivity index (χ2n) is 14.3. The molecule has 0 radical (unpaired) electrons. The Labute approximate surface area is 295 Å². The summed E-state index contributed by atoms with van der Waals surface area (Å²) in [7, 11) is 1.17. The molecule has 0 amide bonds. The molecule has 9 nitrogen and oxygen atoms in total. The summed E-state index contributed by atoms with van der Waals surface area (Å²) in [6.45, 7) is 4.16. The molecule has 0 aliphatic carbocycles. The van der Waals surface area contributed by atoms with Gasteiger partial charge in [0.15, 0.2) is 6.10 Å². The number of phosphoric ester groups is 1. The average molecular weight is 704 g/mol. The van der Waals surface area contributed by atoms with Crippen molar-refractivity contribution in [3.05, 3.63) is 12.2 Å². The third kappa shape index (κ3) is 34.6. The number of unbranched alkanes of at least 4 members (excludes halogenated alkanes) is 19. The molecule has 0 N–H and O–H groups in total. The van der Waals surface area contributed by atoms with Crippen molar-refractivity contribution in [3.63, 3.8) is 0 Å². The fourth-order valence-electron chi connectivity index (χ4n) is 5.18. The molecular formula is C38H74NO8P. The number of likely N-dealkylation sites (N-methyl/N-ethyl adjacent to an activating group) is 1. The van der Waals surface area contributed by atoms with E-state index in [1.54, 1.807) is 0 Å². The Morgan fingerprint density at radius 3 is 1.54 bits per heavy atom. The Hall–Kier alpha value is -1.25. The van der Waals surface area contributed by atoms with Gasteiger partial charge in [-0.15, -0.1) is 0 Å². The molecule has 284 valence electrons. The zero-order valence-electron chi connectivity index (χ0n) is 31.7. The minimum absolute atomic E-state index is 0.0291. The smallest absolute Gasteiger partial charge is 0.306 e. The molecule has 10 heteroatoms. The summed E-state index contributed by atoms with van der Waals surface area (Å²) in [5.74, 6) is -0.843. The van der Waals surface area contributed by atoms with Gasteiger partial charge in [0.2, 0.25) is 0 Å². The van der Waals surface area contributed by atoms with Gasteiger partial charge in [-0.1, -0.05) is 129 Å². The number of esters is 2. The predicted octanol–water partition coefficient (Wildman–Crippen LogP) is 9.61. The van der Waals surface area contributed by atoms with E-state index in [9.17, 15) is 19.0 Å². The number of carbonyl (C=O) groups is 2. The van der Waals surface area contributed by atoms with Crippen LogP contribution in [0.25, 0.3) is 0 Å². The first-order valence-electron chi connectivity index (χ1n) is 19.4. The van der Waals surface area contributed by atoms with Gasteiger partial charge >= 0.3 is 11.9 Å². The van der Waals surface area contributed by atoms with E-state index in [0.29, 0.717) is 17.4 Å². The first-order chi connectivity index (χ1) is 23.0. The molecule has 0 rings (SSSR count). The lowest BCUT2D eigenvalue weighted by molar-refractivity contribution is -0.870. The Bertz CT molecular complexity index is 845. The first kappa shape index (κ1) is 46.8. The maximum atomic E-state index is 12.5. The van der Waals surface area contributed by atoms with Gasteiger partial charge in [-0.25, -0.2) is 0 Å². The van der Waals surface area contributed by atoms with Crippen LogP contribution in [0.4, 0.5) is 0 Å². The van der Waals surface area contributed by atoms with Gasteiger partial charge in [0.25, 0.3) is 7.82 Å². The van der Waals surface area contributed by atoms with Gasteiger partial charge < -0.3 is 27.9 Å². The minimum atomic E-state index is -4.61. The van der Waals surface area contributed by atoms with Crippen molar-refractivity contribution >= 4 is 19.8 Å². The highest BCUT2D eigenvalue weighted by molar-refractivity contribution is 7.45. The topological polar surface area (TPSA) is 111 Å². The maximum absolute atomic E-state index is 12.5.